The molecular formula is C8H10F3N3. The lowest BCUT2D eigenvalue weighted by Crippen LogP contribution is -2.16. The average Bonchev–Trinajstić information content (AvgIpc) is 2.01. The van der Waals surface area contributed by atoms with Crippen molar-refractivity contribution in [3.05, 3.63) is 17.6 Å². The van der Waals surface area contributed by atoms with Crippen LogP contribution in [0.1, 0.15) is 11.5 Å². The first-order valence-corrected chi connectivity index (χ1v) is 3.91. The maximum atomic E-state index is 12.3. The summed E-state index contributed by atoms with van der Waals surface area (Å²) in [6.45, 7) is 1.43. The molecule has 1 aromatic heterocycles. The van der Waals surface area contributed by atoms with Crippen molar-refractivity contribution in [1.82, 2.24) is 9.97 Å². The number of rotatable bonds is 1. The first kappa shape index (κ1) is 10.7. The Hall–Kier alpha value is -1.33. The van der Waals surface area contributed by atoms with Gasteiger partial charge in [-0.1, -0.05) is 0 Å². The summed E-state index contributed by atoms with van der Waals surface area (Å²) in [7, 11) is 3.25. The highest BCUT2D eigenvalue weighted by Crippen LogP contribution is 2.29. The molecule has 0 aliphatic heterocycles. The zero-order valence-electron chi connectivity index (χ0n) is 8.05. The summed E-state index contributed by atoms with van der Waals surface area (Å²) < 4.78 is 36.9. The molecule has 14 heavy (non-hydrogen) atoms. The molecule has 0 saturated carbocycles. The first-order chi connectivity index (χ1) is 6.30. The smallest absolute Gasteiger partial charge is 0.363 e. The number of halogens is 3. The van der Waals surface area contributed by atoms with Gasteiger partial charge in [-0.3, -0.25) is 0 Å². The zero-order valence-corrected chi connectivity index (χ0v) is 8.05. The van der Waals surface area contributed by atoms with Crippen molar-refractivity contribution < 1.29 is 13.2 Å². The lowest BCUT2D eigenvalue weighted by molar-refractivity contribution is -0.141. The van der Waals surface area contributed by atoms with E-state index in [0.29, 0.717) is 0 Å². The number of hydrogen-bond acceptors (Lipinski definition) is 3. The van der Waals surface area contributed by atoms with Crippen LogP contribution in [0.3, 0.4) is 0 Å². The zero-order chi connectivity index (χ0) is 10.9. The van der Waals surface area contributed by atoms with Crippen LogP contribution < -0.4 is 4.90 Å². The minimum atomic E-state index is -4.42. The van der Waals surface area contributed by atoms with Gasteiger partial charge in [0.1, 0.15) is 17.3 Å². The fraction of sp³-hybridized carbons (Fsp3) is 0.500. The van der Waals surface area contributed by atoms with E-state index in [9.17, 15) is 13.2 Å². The number of nitrogens with zero attached hydrogens (tertiary/aromatic N) is 3. The molecule has 0 aliphatic rings. The molecule has 1 heterocycles. The molecule has 1 rings (SSSR count). The highest BCUT2D eigenvalue weighted by atomic mass is 19.4. The normalized spacial score (nSPS) is 11.6. The Labute approximate surface area is 79.6 Å². The number of alkyl halides is 3. The van der Waals surface area contributed by atoms with E-state index in [0.717, 1.165) is 6.07 Å². The molecule has 0 spiro atoms. The summed E-state index contributed by atoms with van der Waals surface area (Å²) in [4.78, 5) is 8.69. The second-order valence-corrected chi connectivity index (χ2v) is 3.05. The molecule has 0 fully saturated rings. The maximum Gasteiger partial charge on any atom is 0.433 e. The second kappa shape index (κ2) is 3.43. The van der Waals surface area contributed by atoms with Gasteiger partial charge in [-0.25, -0.2) is 9.97 Å². The molecule has 3 nitrogen and oxygen atoms in total. The van der Waals surface area contributed by atoms with E-state index >= 15 is 0 Å². The SMILES string of the molecule is Cc1nc(N(C)C)cc(C(F)(F)F)n1. The Morgan fingerprint density at radius 2 is 1.79 bits per heavy atom. The first-order valence-electron chi connectivity index (χ1n) is 3.91. The maximum absolute atomic E-state index is 12.3. The monoisotopic (exact) mass is 205 g/mol. The van der Waals surface area contributed by atoms with E-state index in [-0.39, 0.29) is 11.6 Å². The van der Waals surface area contributed by atoms with Crippen molar-refractivity contribution >= 4 is 5.82 Å². The number of aryl methyl sites for hydroxylation is 1. The van der Waals surface area contributed by atoms with Gasteiger partial charge in [0.2, 0.25) is 0 Å². The third kappa shape index (κ3) is 2.34. The van der Waals surface area contributed by atoms with Crippen molar-refractivity contribution in [2.24, 2.45) is 0 Å². The van der Waals surface area contributed by atoms with Gasteiger partial charge in [-0.05, 0) is 6.92 Å². The van der Waals surface area contributed by atoms with Crippen LogP contribution in [0.2, 0.25) is 0 Å². The van der Waals surface area contributed by atoms with E-state index in [1.807, 2.05) is 0 Å². The van der Waals surface area contributed by atoms with Crippen LogP contribution in [0.25, 0.3) is 0 Å². The van der Waals surface area contributed by atoms with Crippen LogP contribution in [-0.2, 0) is 6.18 Å². The molecule has 0 aromatic carbocycles. The number of anilines is 1. The molecule has 0 radical (unpaired) electrons. The lowest BCUT2D eigenvalue weighted by Gasteiger charge is -2.14. The number of aromatic nitrogens is 2. The van der Waals surface area contributed by atoms with Crippen LogP contribution in [0.15, 0.2) is 6.07 Å². The second-order valence-electron chi connectivity index (χ2n) is 3.05. The van der Waals surface area contributed by atoms with Gasteiger partial charge in [-0.15, -0.1) is 0 Å². The lowest BCUT2D eigenvalue weighted by atomic mass is 10.3. The molecule has 0 atom stereocenters. The molecule has 0 saturated heterocycles. The molecule has 0 unspecified atom stereocenters. The molecule has 1 aromatic rings. The number of hydrogen-bond donors (Lipinski definition) is 0. The predicted molar refractivity (Wildman–Crippen MR) is 46.1 cm³/mol. The largest absolute Gasteiger partial charge is 0.433 e. The summed E-state index contributed by atoms with van der Waals surface area (Å²) in [5.74, 6) is 0.369. The van der Waals surface area contributed by atoms with Crippen LogP contribution in [-0.4, -0.2) is 24.1 Å². The van der Waals surface area contributed by atoms with Crippen molar-refractivity contribution in [3.8, 4) is 0 Å². The fourth-order valence-electron chi connectivity index (χ4n) is 0.926. The minimum Gasteiger partial charge on any atom is -0.363 e. The summed E-state index contributed by atoms with van der Waals surface area (Å²) in [5.41, 5.74) is -0.909. The van der Waals surface area contributed by atoms with Crippen molar-refractivity contribution in [2.45, 2.75) is 13.1 Å². The molecule has 0 bridgehead atoms. The van der Waals surface area contributed by atoms with Gasteiger partial charge in [0.05, 0.1) is 0 Å². The predicted octanol–water partition coefficient (Wildman–Crippen LogP) is 1.87. The molecular weight excluding hydrogens is 195 g/mol. The van der Waals surface area contributed by atoms with Gasteiger partial charge in [-0.2, -0.15) is 13.2 Å². The van der Waals surface area contributed by atoms with Crippen LogP contribution in [0.4, 0.5) is 19.0 Å². The van der Waals surface area contributed by atoms with Crippen molar-refractivity contribution in [1.29, 1.82) is 0 Å². The quantitative estimate of drug-likeness (QED) is 0.700. The van der Waals surface area contributed by atoms with Crippen LogP contribution in [0, 0.1) is 6.92 Å². The third-order valence-corrected chi connectivity index (χ3v) is 1.57. The molecule has 0 aliphatic carbocycles. The van der Waals surface area contributed by atoms with Gasteiger partial charge in [0, 0.05) is 20.2 Å². The van der Waals surface area contributed by atoms with E-state index in [2.05, 4.69) is 9.97 Å². The molecule has 6 heteroatoms. The summed E-state index contributed by atoms with van der Waals surface area (Å²) in [5, 5.41) is 0. The summed E-state index contributed by atoms with van der Waals surface area (Å²) in [6, 6.07) is 0.924. The van der Waals surface area contributed by atoms with Crippen LogP contribution >= 0.6 is 0 Å². The Kier molecular flexibility index (Phi) is 2.64. The van der Waals surface area contributed by atoms with E-state index in [4.69, 9.17) is 0 Å². The average molecular weight is 205 g/mol. The van der Waals surface area contributed by atoms with E-state index in [1.54, 1.807) is 14.1 Å². The fourth-order valence-corrected chi connectivity index (χ4v) is 0.926. The van der Waals surface area contributed by atoms with Gasteiger partial charge in [0.25, 0.3) is 0 Å². The van der Waals surface area contributed by atoms with E-state index < -0.39 is 11.9 Å². The molecule has 0 amide bonds. The minimum absolute atomic E-state index is 0.114. The Balaban J connectivity index is 3.21. The van der Waals surface area contributed by atoms with Crippen LogP contribution in [0.5, 0.6) is 0 Å². The summed E-state index contributed by atoms with van der Waals surface area (Å²) >= 11 is 0. The third-order valence-electron chi connectivity index (χ3n) is 1.57. The molecule has 78 valence electrons. The summed E-state index contributed by atoms with van der Waals surface area (Å²) in [6.07, 6.45) is -4.42. The van der Waals surface area contributed by atoms with Crippen molar-refractivity contribution in [2.75, 3.05) is 19.0 Å². The molecule has 0 N–H and O–H groups in total. The standard InChI is InChI=1S/C8H10F3N3/c1-5-12-6(8(9,10)11)4-7(13-5)14(2)3/h4H,1-3H3. The Morgan fingerprint density at radius 3 is 2.21 bits per heavy atom. The van der Waals surface area contributed by atoms with Gasteiger partial charge >= 0.3 is 6.18 Å². The Bertz CT molecular complexity index is 333. The van der Waals surface area contributed by atoms with Crippen molar-refractivity contribution in [3.63, 3.8) is 0 Å². The van der Waals surface area contributed by atoms with Gasteiger partial charge in [0.15, 0.2) is 0 Å². The van der Waals surface area contributed by atoms with E-state index in [1.165, 1.54) is 11.8 Å². The Morgan fingerprint density at radius 1 is 1.21 bits per heavy atom. The highest BCUT2D eigenvalue weighted by molar-refractivity contribution is 5.38. The highest BCUT2D eigenvalue weighted by Gasteiger charge is 2.33. The van der Waals surface area contributed by atoms with Gasteiger partial charge < -0.3 is 4.90 Å². The topological polar surface area (TPSA) is 29.0 Å².